The Morgan fingerprint density at radius 1 is 1.17 bits per heavy atom. The van der Waals surface area contributed by atoms with Crippen molar-refractivity contribution >= 4 is 66.7 Å². The zero-order valence-electron chi connectivity index (χ0n) is 9.52. The van der Waals surface area contributed by atoms with E-state index < -0.39 is 15.3 Å². The largest absolute Gasteiger partial charge is 0.406 e. The van der Waals surface area contributed by atoms with Crippen molar-refractivity contribution in [1.29, 1.82) is 0 Å². The van der Waals surface area contributed by atoms with Crippen molar-refractivity contribution in [3.05, 3.63) is 11.4 Å². The first-order valence-electron chi connectivity index (χ1n) is 4.22. The number of hydrogen-bond acceptors (Lipinski definition) is 1. The minimum atomic E-state index is -1.05. The van der Waals surface area contributed by atoms with Gasteiger partial charge >= 0.3 is 0 Å². The molecule has 0 fully saturated rings. The Morgan fingerprint density at radius 2 is 1.58 bits per heavy atom. The van der Waals surface area contributed by atoms with Gasteiger partial charge in [0, 0.05) is 51.4 Å². The summed E-state index contributed by atoms with van der Waals surface area (Å²) in [6.45, 7) is 12.2. The molecule has 0 aliphatic carbocycles. The fraction of sp³-hybridized carbons (Fsp3) is 0.750. The molecule has 1 aliphatic heterocycles. The van der Waals surface area contributed by atoms with Crippen molar-refractivity contribution in [2.24, 2.45) is 0 Å². The van der Waals surface area contributed by atoms with E-state index in [0.717, 1.165) is 0 Å². The van der Waals surface area contributed by atoms with E-state index >= 15 is 0 Å². The molecule has 0 saturated heterocycles. The summed E-state index contributed by atoms with van der Waals surface area (Å²) in [4.78, 5) is 0. The third kappa shape index (κ3) is 1.99. The Morgan fingerprint density at radius 3 is 1.67 bits per heavy atom. The third-order valence-electron chi connectivity index (χ3n) is 3.51. The maximum Gasteiger partial charge on any atom is 0.142 e. The minimum Gasteiger partial charge on any atom is -0.406 e. The van der Waals surface area contributed by atoms with Crippen LogP contribution in [0.4, 0.5) is 0 Å². The molecule has 0 spiro atoms. The third-order valence-corrected chi connectivity index (χ3v) is 20.7. The Balaban J connectivity index is 0.00000121. The zero-order chi connectivity index (χ0) is 8.86. The van der Waals surface area contributed by atoms with Gasteiger partial charge in [-0.15, -0.1) is 0 Å². The molecule has 0 aromatic rings. The van der Waals surface area contributed by atoms with E-state index in [9.17, 15) is 0 Å². The molecule has 0 amide bonds. The van der Waals surface area contributed by atoms with Crippen LogP contribution in [0.5, 0.6) is 0 Å². The molecule has 1 rings (SSSR count). The molecule has 0 N–H and O–H groups in total. The molecule has 12 heavy (non-hydrogen) atoms. The first kappa shape index (κ1) is 13.6. The van der Waals surface area contributed by atoms with Crippen molar-refractivity contribution in [2.45, 2.75) is 33.1 Å². The van der Waals surface area contributed by atoms with E-state index in [4.69, 9.17) is 0 Å². The predicted octanol–water partition coefficient (Wildman–Crippen LogP) is 1.99. The summed E-state index contributed by atoms with van der Waals surface area (Å²) in [5.41, 5.74) is 4.07. The quantitative estimate of drug-likeness (QED) is 0.569. The van der Waals surface area contributed by atoms with E-state index in [1.165, 1.54) is 5.70 Å². The van der Waals surface area contributed by atoms with Crippen LogP contribution in [-0.2, 0) is 0 Å². The molecule has 0 aromatic heterocycles. The Kier molecular flexibility index (Phi) is 4.54. The number of allylic oxidation sites excluding steroid dienone is 1. The monoisotopic (exact) mass is 224 g/mol. The summed E-state index contributed by atoms with van der Waals surface area (Å²) in [6.07, 6.45) is 0. The topological polar surface area (TPSA) is 3.24 Å². The summed E-state index contributed by atoms with van der Waals surface area (Å²) < 4.78 is 2.55. The van der Waals surface area contributed by atoms with Crippen LogP contribution in [0.25, 0.3) is 0 Å². The van der Waals surface area contributed by atoms with Crippen LogP contribution in [0.3, 0.4) is 0 Å². The molecular formula is C8H19KNSi2. The summed E-state index contributed by atoms with van der Waals surface area (Å²) in [7, 11) is 0.218. The average Bonchev–Trinajstić information content (AvgIpc) is 1.93. The van der Waals surface area contributed by atoms with Crippen molar-refractivity contribution in [1.82, 2.24) is 4.57 Å². The smallest absolute Gasteiger partial charge is 0.142 e. The van der Waals surface area contributed by atoms with Gasteiger partial charge in [0.2, 0.25) is 0 Å². The fourth-order valence-corrected chi connectivity index (χ4v) is 10.0. The van der Waals surface area contributed by atoms with Crippen molar-refractivity contribution < 1.29 is 0 Å². The summed E-state index contributed by atoms with van der Waals surface area (Å²) in [6, 6.07) is 0. The van der Waals surface area contributed by atoms with Crippen molar-refractivity contribution in [3.63, 3.8) is 0 Å². The van der Waals surface area contributed by atoms with E-state index in [1.54, 1.807) is 0 Å². The van der Waals surface area contributed by atoms with Gasteiger partial charge in [0.15, 0.2) is 0 Å². The molecule has 0 saturated carbocycles. The molecule has 0 bridgehead atoms. The normalized spacial score (nSPS) is 24.8. The van der Waals surface area contributed by atoms with E-state index in [-0.39, 0.29) is 51.4 Å². The molecule has 1 nitrogen and oxygen atoms in total. The van der Waals surface area contributed by atoms with Gasteiger partial charge in [-0.05, 0) is 19.7 Å². The standard InChI is InChI=1S/C8H19NSi2.K/c1-8-7-10(3,4)11(5,6)9(8)2;/h7H,1-6H3;. The summed E-state index contributed by atoms with van der Waals surface area (Å²) in [5, 5.41) is 0. The Hall–Kier alpha value is 1.61. The van der Waals surface area contributed by atoms with Crippen LogP contribution in [0.1, 0.15) is 6.92 Å². The molecule has 1 heterocycles. The molecule has 0 atom stereocenters. The maximum atomic E-state index is 2.55. The first-order valence-corrected chi connectivity index (χ1v) is 11.2. The van der Waals surface area contributed by atoms with Gasteiger partial charge < -0.3 is 4.57 Å². The van der Waals surface area contributed by atoms with Gasteiger partial charge in [-0.25, -0.2) is 0 Å². The number of hydrogen-bond donors (Lipinski definition) is 0. The van der Waals surface area contributed by atoms with Gasteiger partial charge in [-0.3, -0.25) is 0 Å². The molecule has 1 aliphatic rings. The van der Waals surface area contributed by atoms with Crippen LogP contribution >= 0.6 is 0 Å². The second-order valence-corrected chi connectivity index (χ2v) is 19.7. The van der Waals surface area contributed by atoms with Gasteiger partial charge in [0.05, 0.1) is 7.59 Å². The molecule has 1 radical (unpaired) electrons. The van der Waals surface area contributed by atoms with Gasteiger partial charge in [0.25, 0.3) is 0 Å². The van der Waals surface area contributed by atoms with E-state index in [0.29, 0.717) is 0 Å². The van der Waals surface area contributed by atoms with Crippen molar-refractivity contribution in [2.75, 3.05) is 7.05 Å². The molecule has 0 aromatic carbocycles. The van der Waals surface area contributed by atoms with E-state index in [1.807, 2.05) is 0 Å². The Labute approximate surface area is 121 Å². The fourth-order valence-electron chi connectivity index (χ4n) is 1.67. The van der Waals surface area contributed by atoms with Crippen LogP contribution in [-0.4, -0.2) is 78.3 Å². The van der Waals surface area contributed by atoms with Crippen LogP contribution < -0.4 is 0 Å². The van der Waals surface area contributed by atoms with Crippen molar-refractivity contribution in [3.8, 4) is 0 Å². The summed E-state index contributed by atoms with van der Waals surface area (Å²) in [5.74, 6) is 0. The van der Waals surface area contributed by atoms with E-state index in [2.05, 4.69) is 50.4 Å². The minimum absolute atomic E-state index is 0. The molecule has 4 heteroatoms. The van der Waals surface area contributed by atoms with Gasteiger partial charge in [-0.1, -0.05) is 31.9 Å². The molecule has 0 unspecified atom stereocenters. The van der Waals surface area contributed by atoms with Gasteiger partial charge in [0.1, 0.15) is 7.75 Å². The molecular weight excluding hydrogens is 205 g/mol. The van der Waals surface area contributed by atoms with Crippen LogP contribution in [0.15, 0.2) is 11.4 Å². The second-order valence-electron chi connectivity index (χ2n) is 4.63. The summed E-state index contributed by atoms with van der Waals surface area (Å²) >= 11 is 0. The van der Waals surface area contributed by atoms with Crippen LogP contribution in [0, 0.1) is 0 Å². The predicted molar refractivity (Wildman–Crippen MR) is 62.2 cm³/mol. The van der Waals surface area contributed by atoms with Gasteiger partial charge in [-0.2, -0.15) is 0 Å². The average molecular weight is 225 g/mol. The second kappa shape index (κ2) is 4.00. The number of rotatable bonds is 0. The zero-order valence-corrected chi connectivity index (χ0v) is 14.6. The Bertz CT molecular complexity index is 211. The molecule has 65 valence electrons. The SMILES string of the molecule is CC1=C[Si](C)(C)[Si](C)(C)N1C.[K]. The number of nitrogens with zero attached hydrogens (tertiary/aromatic N) is 1. The first-order chi connectivity index (χ1) is 4.79. The van der Waals surface area contributed by atoms with Crippen LogP contribution in [0.2, 0.25) is 26.2 Å². The maximum absolute atomic E-state index is 2.55.